The van der Waals surface area contributed by atoms with Crippen molar-refractivity contribution in [2.24, 2.45) is 46.4 Å². The number of nitrogens with one attached hydrogen (secondary N) is 12. The van der Waals surface area contributed by atoms with Gasteiger partial charge in [0, 0.05) is 68.0 Å². The van der Waals surface area contributed by atoms with Crippen molar-refractivity contribution >= 4 is 59.4 Å². The van der Waals surface area contributed by atoms with E-state index in [0.717, 1.165) is 50.5 Å². The number of primary amides is 1. The quantitative estimate of drug-likeness (QED) is 0.0328. The van der Waals surface area contributed by atoms with E-state index in [2.05, 4.69) is 63.8 Å². The Morgan fingerprint density at radius 2 is 0.753 bits per heavy atom. The maximum atomic E-state index is 13.9. The third kappa shape index (κ3) is 29.4. The number of unbranched alkanes of at least 4 members (excludes halogenated alkanes) is 3. The Balaban J connectivity index is 1.25. The smallest absolute Gasteiger partial charge is 0.316 e. The van der Waals surface area contributed by atoms with Crippen molar-refractivity contribution in [2.45, 2.75) is 249 Å². The molecule has 4 rings (SSSR count). The molecule has 0 spiro atoms. The largest absolute Gasteiger partial charge is 0.508 e. The molecule has 13 atom stereocenters. The molecule has 0 aromatic heterocycles. The van der Waals surface area contributed by atoms with E-state index in [0.29, 0.717) is 116 Å². The van der Waals surface area contributed by atoms with Crippen molar-refractivity contribution in [1.29, 1.82) is 0 Å². The summed E-state index contributed by atoms with van der Waals surface area (Å²) in [5, 5.41) is 43.9. The fourth-order valence-corrected chi connectivity index (χ4v) is 12.2. The number of phenols is 1. The highest BCUT2D eigenvalue weighted by atomic mass is 16.3. The van der Waals surface area contributed by atoms with Crippen LogP contribution >= 0.6 is 0 Å². The molecule has 89 heavy (non-hydrogen) atoms. The summed E-state index contributed by atoms with van der Waals surface area (Å²) in [5.41, 5.74) is 29.7. The van der Waals surface area contributed by atoms with E-state index in [4.69, 9.17) is 28.7 Å². The second kappa shape index (κ2) is 40.6. The van der Waals surface area contributed by atoms with E-state index in [1.165, 1.54) is 0 Å². The Bertz CT molecular complexity index is 2410. The van der Waals surface area contributed by atoms with Gasteiger partial charge in [-0.15, -0.1) is 0 Å². The van der Waals surface area contributed by atoms with Gasteiger partial charge in [0.1, 0.15) is 5.75 Å². The average molecular weight is 1250 g/mol. The molecule has 1 aromatic rings. The number of hydrogen-bond donors (Lipinski definition) is 18. The van der Waals surface area contributed by atoms with Gasteiger partial charge in [0.15, 0.2) is 0 Å². The normalized spacial score (nSPS) is 21.4. The molecule has 3 fully saturated rings. The van der Waals surface area contributed by atoms with Crippen molar-refractivity contribution in [3.8, 4) is 5.75 Å². The molecule has 0 aliphatic heterocycles. The zero-order valence-corrected chi connectivity index (χ0v) is 52.7. The number of hydrogen-bond acceptors (Lipinski definition) is 15. The second-order valence-corrected chi connectivity index (χ2v) is 24.6. The number of rotatable bonds is 37. The molecule has 3 aliphatic rings. The summed E-state index contributed by atoms with van der Waals surface area (Å²) in [5.74, 6) is -4.19. The summed E-state index contributed by atoms with van der Waals surface area (Å²) in [6.07, 6.45) is 11.0. The predicted molar refractivity (Wildman–Crippen MR) is 337 cm³/mol. The lowest BCUT2D eigenvalue weighted by atomic mass is 9.83. The Morgan fingerprint density at radius 3 is 1.08 bits per heavy atom. The highest BCUT2D eigenvalue weighted by Crippen LogP contribution is 2.28. The lowest BCUT2D eigenvalue weighted by molar-refractivity contribution is -0.130. The van der Waals surface area contributed by atoms with Crippen LogP contribution in [0.2, 0.25) is 0 Å². The Hall–Kier alpha value is -7.04. The summed E-state index contributed by atoms with van der Waals surface area (Å²) in [6, 6.07) is 1.18. The molecule has 28 heteroatoms. The summed E-state index contributed by atoms with van der Waals surface area (Å²) in [7, 11) is 0. The van der Waals surface area contributed by atoms with Gasteiger partial charge in [-0.25, -0.2) is 14.4 Å². The molecule has 23 N–H and O–H groups in total. The highest BCUT2D eigenvalue weighted by Gasteiger charge is 2.37. The first-order valence-electron chi connectivity index (χ1n) is 32.5. The van der Waals surface area contributed by atoms with Crippen LogP contribution in [0.5, 0.6) is 5.75 Å². The molecule has 502 valence electrons. The number of urea groups is 3. The number of aromatic hydroxyl groups is 1. The average Bonchev–Trinajstić information content (AvgIpc) is 3.67. The third-order valence-corrected chi connectivity index (χ3v) is 16.7. The Morgan fingerprint density at radius 1 is 0.438 bits per heavy atom. The monoisotopic (exact) mass is 1250 g/mol. The van der Waals surface area contributed by atoms with Gasteiger partial charge in [0.05, 0.1) is 36.3 Å². The minimum atomic E-state index is -0.855. The molecule has 28 nitrogen and oxygen atoms in total. The van der Waals surface area contributed by atoms with E-state index in [1.807, 2.05) is 0 Å². The Kier molecular flexibility index (Phi) is 33.9. The number of carbonyl (C=O) groups excluding carboxylic acids is 10. The van der Waals surface area contributed by atoms with E-state index in [1.54, 1.807) is 45.0 Å². The van der Waals surface area contributed by atoms with Crippen LogP contribution in [0.1, 0.15) is 187 Å². The van der Waals surface area contributed by atoms with E-state index in [9.17, 15) is 53.1 Å². The van der Waals surface area contributed by atoms with Gasteiger partial charge in [-0.3, -0.25) is 33.6 Å². The number of nitrogens with two attached hydrogens (primary N) is 5. The van der Waals surface area contributed by atoms with Crippen molar-refractivity contribution in [3.05, 3.63) is 29.8 Å². The zero-order valence-electron chi connectivity index (χ0n) is 52.7. The van der Waals surface area contributed by atoms with Gasteiger partial charge >= 0.3 is 18.1 Å². The molecule has 3 saturated carbocycles. The van der Waals surface area contributed by atoms with Crippen LogP contribution in [0.25, 0.3) is 0 Å². The second-order valence-electron chi connectivity index (χ2n) is 24.6. The highest BCUT2D eigenvalue weighted by molar-refractivity contribution is 5.86. The third-order valence-electron chi connectivity index (χ3n) is 16.7. The molecule has 0 radical (unpaired) electrons. The Labute approximate surface area is 524 Å². The van der Waals surface area contributed by atoms with E-state index >= 15 is 0 Å². The molecule has 0 heterocycles. The van der Waals surface area contributed by atoms with Crippen LogP contribution in [0, 0.1) is 17.8 Å². The van der Waals surface area contributed by atoms with Crippen LogP contribution < -0.4 is 92.5 Å². The topological polar surface area (TPSA) is 465 Å². The van der Waals surface area contributed by atoms with E-state index < -0.39 is 103 Å². The van der Waals surface area contributed by atoms with Crippen molar-refractivity contribution in [1.82, 2.24) is 63.8 Å². The van der Waals surface area contributed by atoms with E-state index in [-0.39, 0.29) is 66.9 Å². The molecule has 1 aromatic carbocycles. The first kappa shape index (κ1) is 74.4. The minimum absolute atomic E-state index is 0.0447. The number of benzene rings is 1. The zero-order chi connectivity index (χ0) is 65.3. The van der Waals surface area contributed by atoms with Gasteiger partial charge in [-0.1, -0.05) is 69.9 Å². The molecule has 0 bridgehead atoms. The summed E-state index contributed by atoms with van der Waals surface area (Å²) >= 11 is 0. The number of carbonyl (C=O) groups is 10. The fraction of sp³-hybridized carbons (Fsp3) is 0.738. The van der Waals surface area contributed by atoms with Crippen LogP contribution in [-0.2, 0) is 40.0 Å². The minimum Gasteiger partial charge on any atom is -0.508 e. The van der Waals surface area contributed by atoms with Crippen LogP contribution in [0.3, 0.4) is 0 Å². The van der Waals surface area contributed by atoms with Crippen LogP contribution in [0.4, 0.5) is 14.4 Å². The van der Waals surface area contributed by atoms with Crippen molar-refractivity contribution in [3.63, 3.8) is 0 Å². The summed E-state index contributed by atoms with van der Waals surface area (Å²) in [6.45, 7) is 6.14. The van der Waals surface area contributed by atoms with Gasteiger partial charge in [-0.05, 0) is 142 Å². The first-order valence-corrected chi connectivity index (χ1v) is 32.5. The summed E-state index contributed by atoms with van der Waals surface area (Å²) in [4.78, 5) is 133. The van der Waals surface area contributed by atoms with Crippen LogP contribution in [0.15, 0.2) is 24.3 Å². The lowest BCUT2D eigenvalue weighted by Crippen LogP contribution is -2.56. The number of amides is 13. The first-order chi connectivity index (χ1) is 42.5. The molecular weight excluding hydrogens is 1150 g/mol. The molecule has 3 aliphatic carbocycles. The molecule has 13 amide bonds. The maximum absolute atomic E-state index is 13.9. The predicted octanol–water partition coefficient (Wildman–Crippen LogP) is 1.11. The molecular formula is C61H107N17O11. The standard InChI is InChI=1S/C61H107N17O11/c1-37(70-59(87)73-42(34-52(66)80)16-10-13-29-62)67-57(85)47-20-5-8-23-50(47)77-54(82)36-44(18-12-15-31-64)75-61(89)72-39(3)69-58(86)48-21-6-9-24-51(48)78-55(83)35-43(17-11-14-30-63)74-60(88)71-38(2)68-56(84)46-19-4-7-22-49(46)76-53(81)33-41(65)32-40-25-27-45(79)28-26-40/h25-28,37-39,41-44,46-51,79H,4-24,29-36,62-65H2,1-3H3,(H2,66,80)(H,67,85)(H,68,84)(H,69,86)(H,76,81)(H,77,82)(H,78,83)(H2,70,73,87)(H2,71,74,88)(H2,72,75,89)/t37-,38-,39-,41+,42+,43+,44+,46+,47+,48+,49+,50+,51+/m1/s1. The SMILES string of the molecule is C[C@@H](NC(=O)N[C@@H](CCCCN)CC(N)=O)NC(=O)[C@H]1CCCC[C@@H]1NC(=O)C[C@H](CCCCN)NC(=O)N[C@H](C)NC(=O)[C@H]1CCCC[C@@H]1NC(=O)C[C@H](CCCCN)NC(=O)N[C@H](C)NC(=O)[C@H]1CCCC[C@@H]1NC(=O)C[C@@H](N)Cc1ccc(O)cc1. The lowest BCUT2D eigenvalue weighted by Gasteiger charge is -2.33. The van der Waals surface area contributed by atoms with Gasteiger partial charge in [-0.2, -0.15) is 0 Å². The number of phenolic OH excluding ortho intramolecular Hbond substituents is 1. The maximum Gasteiger partial charge on any atom is 0.316 e. The van der Waals surface area contributed by atoms with Gasteiger partial charge in [0.2, 0.25) is 41.4 Å². The summed E-state index contributed by atoms with van der Waals surface area (Å²) < 4.78 is 0. The van der Waals surface area contributed by atoms with Crippen molar-refractivity contribution in [2.75, 3.05) is 19.6 Å². The molecule has 0 saturated heterocycles. The van der Waals surface area contributed by atoms with Gasteiger partial charge in [0.25, 0.3) is 0 Å². The van der Waals surface area contributed by atoms with Gasteiger partial charge < -0.3 is 97.6 Å². The van der Waals surface area contributed by atoms with Crippen molar-refractivity contribution < 1.29 is 53.1 Å². The molecule has 0 unspecified atom stereocenters. The fourth-order valence-electron chi connectivity index (χ4n) is 12.2. The van der Waals surface area contributed by atoms with Crippen LogP contribution in [-0.4, -0.2) is 145 Å².